The van der Waals surface area contributed by atoms with Crippen LogP contribution in [0.1, 0.15) is 44.0 Å². The van der Waals surface area contributed by atoms with Crippen LogP contribution in [0.2, 0.25) is 0 Å². The lowest BCUT2D eigenvalue weighted by Gasteiger charge is -2.24. The van der Waals surface area contributed by atoms with Gasteiger partial charge in [0.1, 0.15) is 24.5 Å². The molecule has 1 N–H and O–H groups in total. The molecule has 3 unspecified atom stereocenters. The van der Waals surface area contributed by atoms with Crippen molar-refractivity contribution in [3.8, 4) is 0 Å². The molecule has 96 valence electrons. The average molecular weight is 245 g/mol. The van der Waals surface area contributed by atoms with Gasteiger partial charge in [-0.3, -0.25) is 0 Å². The smallest absolute Gasteiger partial charge is 0.137 e. The third-order valence-electron chi connectivity index (χ3n) is 4.12. The number of H-pyrrole nitrogens is 1. The highest BCUT2D eigenvalue weighted by atomic mass is 15.3. The van der Waals surface area contributed by atoms with Crippen molar-refractivity contribution < 1.29 is 0 Å². The number of imidazole rings is 1. The van der Waals surface area contributed by atoms with Crippen molar-refractivity contribution in [1.82, 2.24) is 24.7 Å². The SMILES string of the molecule is CC1Cc2nc(C(C)n3cncn3)[nH]c2CC1C. The van der Waals surface area contributed by atoms with Crippen molar-refractivity contribution in [3.63, 3.8) is 0 Å². The van der Waals surface area contributed by atoms with E-state index in [-0.39, 0.29) is 6.04 Å². The lowest BCUT2D eigenvalue weighted by Crippen LogP contribution is -2.20. The molecular formula is C13H19N5. The Labute approximate surface area is 107 Å². The zero-order valence-electron chi connectivity index (χ0n) is 11.1. The number of hydrogen-bond donors (Lipinski definition) is 1. The number of rotatable bonds is 2. The number of hydrogen-bond acceptors (Lipinski definition) is 3. The van der Waals surface area contributed by atoms with Crippen LogP contribution in [0.3, 0.4) is 0 Å². The molecule has 0 radical (unpaired) electrons. The fourth-order valence-corrected chi connectivity index (χ4v) is 2.58. The fraction of sp³-hybridized carbons (Fsp3) is 0.615. The summed E-state index contributed by atoms with van der Waals surface area (Å²) in [5, 5.41) is 4.17. The van der Waals surface area contributed by atoms with E-state index < -0.39 is 0 Å². The van der Waals surface area contributed by atoms with Crippen LogP contribution in [0.5, 0.6) is 0 Å². The highest BCUT2D eigenvalue weighted by Gasteiger charge is 2.26. The van der Waals surface area contributed by atoms with E-state index in [2.05, 4.69) is 35.8 Å². The van der Waals surface area contributed by atoms with Crippen LogP contribution in [-0.2, 0) is 12.8 Å². The molecule has 0 aliphatic heterocycles. The van der Waals surface area contributed by atoms with Crippen molar-refractivity contribution in [2.75, 3.05) is 0 Å². The summed E-state index contributed by atoms with van der Waals surface area (Å²) in [6.45, 7) is 6.71. The maximum atomic E-state index is 4.75. The molecule has 0 spiro atoms. The first kappa shape index (κ1) is 11.4. The average Bonchev–Trinajstić information content (AvgIpc) is 2.97. The van der Waals surface area contributed by atoms with Gasteiger partial charge in [0.25, 0.3) is 0 Å². The quantitative estimate of drug-likeness (QED) is 0.880. The van der Waals surface area contributed by atoms with Crippen molar-refractivity contribution in [2.45, 2.75) is 39.7 Å². The summed E-state index contributed by atoms with van der Waals surface area (Å²) < 4.78 is 1.83. The van der Waals surface area contributed by atoms with Gasteiger partial charge >= 0.3 is 0 Å². The molecule has 2 heterocycles. The summed E-state index contributed by atoms with van der Waals surface area (Å²) in [4.78, 5) is 12.2. The number of nitrogens with one attached hydrogen (secondary N) is 1. The Kier molecular flexibility index (Phi) is 2.69. The predicted molar refractivity (Wildman–Crippen MR) is 68.2 cm³/mol. The Hall–Kier alpha value is -1.65. The molecule has 0 saturated heterocycles. The Bertz CT molecular complexity index is 500. The van der Waals surface area contributed by atoms with Gasteiger partial charge in [-0.1, -0.05) is 13.8 Å². The largest absolute Gasteiger partial charge is 0.344 e. The minimum absolute atomic E-state index is 0.115. The first-order valence-corrected chi connectivity index (χ1v) is 6.57. The van der Waals surface area contributed by atoms with E-state index in [9.17, 15) is 0 Å². The molecular weight excluding hydrogens is 226 g/mol. The lowest BCUT2D eigenvalue weighted by molar-refractivity contribution is 0.355. The van der Waals surface area contributed by atoms with Gasteiger partial charge in [-0.2, -0.15) is 5.10 Å². The number of nitrogens with zero attached hydrogens (tertiary/aromatic N) is 4. The van der Waals surface area contributed by atoms with Crippen molar-refractivity contribution in [1.29, 1.82) is 0 Å². The molecule has 0 saturated carbocycles. The molecule has 0 aromatic carbocycles. The van der Waals surface area contributed by atoms with Gasteiger partial charge in [0.15, 0.2) is 0 Å². The van der Waals surface area contributed by atoms with Gasteiger partial charge in [-0.25, -0.2) is 14.6 Å². The van der Waals surface area contributed by atoms with Crippen LogP contribution < -0.4 is 0 Å². The highest BCUT2D eigenvalue weighted by molar-refractivity contribution is 5.20. The van der Waals surface area contributed by atoms with Crippen LogP contribution in [0.4, 0.5) is 0 Å². The maximum Gasteiger partial charge on any atom is 0.137 e. The molecule has 5 heteroatoms. The first-order valence-electron chi connectivity index (χ1n) is 6.57. The molecule has 1 aliphatic rings. The topological polar surface area (TPSA) is 59.4 Å². The van der Waals surface area contributed by atoms with Gasteiger partial charge in [0.2, 0.25) is 0 Å². The molecule has 5 nitrogen and oxygen atoms in total. The van der Waals surface area contributed by atoms with Crippen LogP contribution >= 0.6 is 0 Å². The van der Waals surface area contributed by atoms with E-state index in [4.69, 9.17) is 4.98 Å². The third kappa shape index (κ3) is 1.83. The maximum absolute atomic E-state index is 4.75. The molecule has 1 aliphatic carbocycles. The zero-order chi connectivity index (χ0) is 12.7. The van der Waals surface area contributed by atoms with Crippen LogP contribution in [0.25, 0.3) is 0 Å². The standard InChI is InChI=1S/C13H19N5/c1-8-4-11-12(5-9(8)2)17-13(16-11)10(3)18-7-14-6-15-18/h6-10H,4-5H2,1-3H3,(H,16,17). The summed E-state index contributed by atoms with van der Waals surface area (Å²) in [6, 6.07) is 0.115. The normalized spacial score (nSPS) is 24.8. The Morgan fingerprint density at radius 2 is 2.11 bits per heavy atom. The van der Waals surface area contributed by atoms with Gasteiger partial charge in [-0.15, -0.1) is 0 Å². The van der Waals surface area contributed by atoms with Gasteiger partial charge in [0.05, 0.1) is 5.69 Å². The van der Waals surface area contributed by atoms with E-state index >= 15 is 0 Å². The minimum Gasteiger partial charge on any atom is -0.344 e. The minimum atomic E-state index is 0.115. The van der Waals surface area contributed by atoms with Crippen LogP contribution in [-0.4, -0.2) is 24.7 Å². The number of fused-ring (bicyclic) bond motifs is 1. The molecule has 18 heavy (non-hydrogen) atoms. The number of aromatic nitrogens is 5. The van der Waals surface area contributed by atoms with E-state index in [0.29, 0.717) is 0 Å². The van der Waals surface area contributed by atoms with Crippen molar-refractivity contribution in [2.24, 2.45) is 11.8 Å². The summed E-state index contributed by atoms with van der Waals surface area (Å²) in [5.41, 5.74) is 2.55. The predicted octanol–water partition coefficient (Wildman–Crippen LogP) is 1.98. The molecule has 0 fully saturated rings. The summed E-state index contributed by atoms with van der Waals surface area (Å²) in [7, 11) is 0. The van der Waals surface area contributed by atoms with Crippen LogP contribution in [0, 0.1) is 11.8 Å². The van der Waals surface area contributed by atoms with E-state index in [1.165, 1.54) is 11.4 Å². The van der Waals surface area contributed by atoms with E-state index in [1.807, 2.05) is 4.68 Å². The summed E-state index contributed by atoms with van der Waals surface area (Å²) >= 11 is 0. The van der Waals surface area contributed by atoms with Gasteiger partial charge in [0, 0.05) is 5.69 Å². The third-order valence-corrected chi connectivity index (χ3v) is 4.12. The summed E-state index contributed by atoms with van der Waals surface area (Å²) in [6.07, 6.45) is 5.48. The van der Waals surface area contributed by atoms with Gasteiger partial charge < -0.3 is 4.98 Å². The molecule has 2 aromatic heterocycles. The van der Waals surface area contributed by atoms with Crippen molar-refractivity contribution >= 4 is 0 Å². The lowest BCUT2D eigenvalue weighted by atomic mass is 9.82. The zero-order valence-corrected chi connectivity index (χ0v) is 11.1. The monoisotopic (exact) mass is 245 g/mol. The fourth-order valence-electron chi connectivity index (χ4n) is 2.58. The molecule has 2 aromatic rings. The Morgan fingerprint density at radius 1 is 1.33 bits per heavy atom. The number of aromatic amines is 1. The second-order valence-corrected chi connectivity index (χ2v) is 5.46. The van der Waals surface area contributed by atoms with Crippen molar-refractivity contribution in [3.05, 3.63) is 29.9 Å². The summed E-state index contributed by atoms with van der Waals surface area (Å²) in [5.74, 6) is 2.44. The van der Waals surface area contributed by atoms with E-state index in [1.54, 1.807) is 12.7 Å². The van der Waals surface area contributed by atoms with Gasteiger partial charge in [-0.05, 0) is 31.6 Å². The molecule has 0 bridgehead atoms. The second kappa shape index (κ2) is 4.23. The molecule has 3 atom stereocenters. The second-order valence-electron chi connectivity index (χ2n) is 5.46. The first-order chi connectivity index (χ1) is 8.65. The van der Waals surface area contributed by atoms with E-state index in [0.717, 1.165) is 30.5 Å². The highest BCUT2D eigenvalue weighted by Crippen LogP contribution is 2.29. The molecule has 3 rings (SSSR count). The Morgan fingerprint density at radius 3 is 2.83 bits per heavy atom. The van der Waals surface area contributed by atoms with Crippen LogP contribution in [0.15, 0.2) is 12.7 Å². The Balaban J connectivity index is 1.90. The molecule has 0 amide bonds.